The number of carbonyl (C=O) groups is 2. The van der Waals surface area contributed by atoms with E-state index in [2.05, 4.69) is 5.32 Å². The van der Waals surface area contributed by atoms with E-state index in [4.69, 9.17) is 23.2 Å². The summed E-state index contributed by atoms with van der Waals surface area (Å²) < 4.78 is 24.2. The van der Waals surface area contributed by atoms with Gasteiger partial charge in [0.05, 0.1) is 31.5 Å². The number of rotatable bonds is 8. The first-order valence-electron chi connectivity index (χ1n) is 11.4. The summed E-state index contributed by atoms with van der Waals surface area (Å²) in [7, 11) is -3.32. The van der Waals surface area contributed by atoms with Gasteiger partial charge >= 0.3 is 0 Å². The summed E-state index contributed by atoms with van der Waals surface area (Å²) in [6, 6.07) is 22.0. The number of nitrogens with one attached hydrogen (secondary N) is 1. The predicted octanol–water partition coefficient (Wildman–Crippen LogP) is 7.49. The van der Waals surface area contributed by atoms with E-state index in [1.165, 1.54) is 12.1 Å². The maximum atomic E-state index is 13.5. The van der Waals surface area contributed by atoms with Crippen molar-refractivity contribution in [1.29, 1.82) is 0 Å². The molecule has 0 aliphatic carbocycles. The second-order valence-electron chi connectivity index (χ2n) is 8.36. The van der Waals surface area contributed by atoms with Crippen molar-refractivity contribution in [3.05, 3.63) is 105 Å². The zero-order chi connectivity index (χ0) is 26.7. The van der Waals surface area contributed by atoms with Crippen molar-refractivity contribution in [2.45, 2.75) is 24.7 Å². The van der Waals surface area contributed by atoms with Crippen LogP contribution in [0.2, 0.25) is 10.0 Å². The molecule has 1 N–H and O–H groups in total. The van der Waals surface area contributed by atoms with Crippen molar-refractivity contribution >= 4 is 61.1 Å². The molecule has 1 amide bonds. The van der Waals surface area contributed by atoms with Crippen LogP contribution in [0.15, 0.2) is 83.8 Å². The highest BCUT2D eigenvalue weighted by molar-refractivity contribution is 7.91. The number of hydrogen-bond donors (Lipinski definition) is 1. The van der Waals surface area contributed by atoms with E-state index >= 15 is 0 Å². The minimum Gasteiger partial charge on any atom is -0.317 e. The molecule has 190 valence electrons. The quantitative estimate of drug-likeness (QED) is 0.222. The number of anilines is 1. The van der Waals surface area contributed by atoms with E-state index in [0.717, 1.165) is 16.9 Å². The van der Waals surface area contributed by atoms with Gasteiger partial charge in [-0.3, -0.25) is 9.59 Å². The van der Waals surface area contributed by atoms with Gasteiger partial charge in [-0.15, -0.1) is 11.3 Å². The molecule has 5 nitrogen and oxygen atoms in total. The van der Waals surface area contributed by atoms with Gasteiger partial charge in [0, 0.05) is 16.1 Å². The molecule has 0 saturated heterocycles. The molecule has 4 rings (SSSR count). The average Bonchev–Trinajstić information content (AvgIpc) is 3.32. The van der Waals surface area contributed by atoms with Crippen LogP contribution >= 0.6 is 34.5 Å². The second kappa shape index (κ2) is 11.2. The van der Waals surface area contributed by atoms with Crippen LogP contribution in [0.3, 0.4) is 0 Å². The first-order valence-corrected chi connectivity index (χ1v) is 14.7. The molecule has 1 heterocycles. The van der Waals surface area contributed by atoms with Crippen LogP contribution < -0.4 is 5.32 Å². The molecule has 9 heteroatoms. The fourth-order valence-electron chi connectivity index (χ4n) is 3.77. The Bertz CT molecular complexity index is 1580. The summed E-state index contributed by atoms with van der Waals surface area (Å²) in [5.41, 5.74) is 2.41. The van der Waals surface area contributed by atoms with E-state index in [1.54, 1.807) is 74.5 Å². The topological polar surface area (TPSA) is 80.3 Å². The number of thiophene rings is 1. The molecule has 0 spiro atoms. The third kappa shape index (κ3) is 5.96. The van der Waals surface area contributed by atoms with Gasteiger partial charge < -0.3 is 5.32 Å². The summed E-state index contributed by atoms with van der Waals surface area (Å²) >= 11 is 13.7. The van der Waals surface area contributed by atoms with Crippen LogP contribution in [-0.2, 0) is 14.6 Å². The van der Waals surface area contributed by atoms with Crippen LogP contribution in [0.1, 0.15) is 40.6 Å². The van der Waals surface area contributed by atoms with Crippen LogP contribution in [0, 0.1) is 0 Å². The molecular formula is C28H23Cl2NO4S2. The van der Waals surface area contributed by atoms with Crippen molar-refractivity contribution in [3.8, 4) is 11.1 Å². The lowest BCUT2D eigenvalue weighted by atomic mass is 10.0. The Balaban J connectivity index is 1.65. The molecule has 0 aliphatic rings. The minimum absolute atomic E-state index is 0.00493. The van der Waals surface area contributed by atoms with Gasteiger partial charge in [-0.05, 0) is 60.5 Å². The number of amides is 1. The Morgan fingerprint density at radius 3 is 2.30 bits per heavy atom. The molecule has 1 unspecified atom stereocenters. The van der Waals surface area contributed by atoms with Crippen molar-refractivity contribution in [2.24, 2.45) is 0 Å². The van der Waals surface area contributed by atoms with E-state index in [0.29, 0.717) is 36.6 Å². The molecule has 1 atom stereocenters. The van der Waals surface area contributed by atoms with Crippen LogP contribution in [0.5, 0.6) is 0 Å². The Labute approximate surface area is 230 Å². The third-order valence-corrected chi connectivity index (χ3v) is 9.32. The molecule has 0 saturated carbocycles. The zero-order valence-electron chi connectivity index (χ0n) is 20.0. The summed E-state index contributed by atoms with van der Waals surface area (Å²) in [4.78, 5) is 27.2. The summed E-state index contributed by atoms with van der Waals surface area (Å²) in [6.07, 6.45) is 0. The Kier molecular flexibility index (Phi) is 8.19. The fourth-order valence-corrected chi connectivity index (χ4v) is 6.10. The molecule has 3 aromatic carbocycles. The van der Waals surface area contributed by atoms with E-state index in [-0.39, 0.29) is 22.3 Å². The fraction of sp³-hybridized carbons (Fsp3) is 0.143. The van der Waals surface area contributed by atoms with Gasteiger partial charge in [0.1, 0.15) is 0 Å². The smallest absolute Gasteiger partial charge is 0.232 e. The summed E-state index contributed by atoms with van der Waals surface area (Å²) in [5, 5.41) is 4.26. The van der Waals surface area contributed by atoms with Crippen molar-refractivity contribution in [3.63, 3.8) is 0 Å². The largest absolute Gasteiger partial charge is 0.317 e. The third-order valence-electron chi connectivity index (χ3n) is 5.95. The highest BCUT2D eigenvalue weighted by Crippen LogP contribution is 2.38. The molecule has 1 aromatic heterocycles. The lowest BCUT2D eigenvalue weighted by Crippen LogP contribution is -2.18. The standard InChI is InChI=1S/C28H23Cl2NO4S2/c1-3-37(34,35)21-13-11-18(12-14-21)17(2)28(33)31-25-16-23(19-7-6-8-20(29)15-19)27(36-25)26(32)22-9-4-5-10-24(22)30/h4-17H,3H2,1-2H3,(H,31,33). The van der Waals surface area contributed by atoms with Gasteiger partial charge in [-0.1, -0.05) is 66.5 Å². The van der Waals surface area contributed by atoms with Crippen molar-refractivity contribution in [1.82, 2.24) is 0 Å². The van der Waals surface area contributed by atoms with Crippen molar-refractivity contribution in [2.75, 3.05) is 11.1 Å². The highest BCUT2D eigenvalue weighted by Gasteiger charge is 2.23. The van der Waals surface area contributed by atoms with E-state index in [1.807, 2.05) is 6.07 Å². The highest BCUT2D eigenvalue weighted by atomic mass is 35.5. The SMILES string of the molecule is CCS(=O)(=O)c1ccc(C(C)C(=O)Nc2cc(-c3cccc(Cl)c3)c(C(=O)c3ccccc3Cl)s2)cc1. The van der Waals surface area contributed by atoms with Crippen molar-refractivity contribution < 1.29 is 18.0 Å². The summed E-state index contributed by atoms with van der Waals surface area (Å²) in [5.74, 6) is -1.10. The normalized spacial score (nSPS) is 12.2. The molecular weight excluding hydrogens is 549 g/mol. The zero-order valence-corrected chi connectivity index (χ0v) is 23.1. The Hall–Kier alpha value is -2.97. The number of ketones is 1. The Morgan fingerprint density at radius 2 is 1.65 bits per heavy atom. The predicted molar refractivity (Wildman–Crippen MR) is 151 cm³/mol. The van der Waals surface area contributed by atoms with E-state index in [9.17, 15) is 18.0 Å². The van der Waals surface area contributed by atoms with Crippen LogP contribution in [0.25, 0.3) is 11.1 Å². The molecule has 4 aromatic rings. The van der Waals surface area contributed by atoms with Gasteiger partial charge in [0.15, 0.2) is 9.84 Å². The maximum Gasteiger partial charge on any atom is 0.232 e. The molecule has 37 heavy (non-hydrogen) atoms. The molecule has 0 aliphatic heterocycles. The first kappa shape index (κ1) is 27.1. The van der Waals surface area contributed by atoms with E-state index < -0.39 is 15.8 Å². The van der Waals surface area contributed by atoms with Gasteiger partial charge in [-0.2, -0.15) is 0 Å². The monoisotopic (exact) mass is 571 g/mol. The molecule has 0 fully saturated rings. The molecule has 0 bridgehead atoms. The van der Waals surface area contributed by atoms with Crippen LogP contribution in [-0.4, -0.2) is 25.9 Å². The van der Waals surface area contributed by atoms with Gasteiger partial charge in [0.2, 0.25) is 11.7 Å². The lowest BCUT2D eigenvalue weighted by Gasteiger charge is -2.12. The number of benzene rings is 3. The average molecular weight is 573 g/mol. The van der Waals surface area contributed by atoms with Crippen LogP contribution in [0.4, 0.5) is 5.00 Å². The number of sulfone groups is 1. The number of halogens is 2. The number of carbonyl (C=O) groups excluding carboxylic acids is 2. The molecule has 0 radical (unpaired) electrons. The Morgan fingerprint density at radius 1 is 0.946 bits per heavy atom. The lowest BCUT2D eigenvalue weighted by molar-refractivity contribution is -0.117. The first-order chi connectivity index (χ1) is 17.6. The van der Waals surface area contributed by atoms with Gasteiger partial charge in [0.25, 0.3) is 0 Å². The summed E-state index contributed by atoms with van der Waals surface area (Å²) in [6.45, 7) is 3.32. The van der Waals surface area contributed by atoms with Gasteiger partial charge in [-0.25, -0.2) is 8.42 Å². The number of hydrogen-bond acceptors (Lipinski definition) is 5. The second-order valence-corrected chi connectivity index (χ2v) is 12.5. The minimum atomic E-state index is -3.32. The maximum absolute atomic E-state index is 13.5.